The number of carbonyl (C=O) groups excluding carboxylic acids is 3. The van der Waals surface area contributed by atoms with E-state index in [9.17, 15) is 24.6 Å². The van der Waals surface area contributed by atoms with Crippen LogP contribution in [0.25, 0.3) is 0 Å². The largest absolute Gasteiger partial charge is 0.493 e. The standard InChI is InChI=1S/C34H39IN2O9/c1-43-30-12-21(17-39)10-25(35)33(30)46-29-14-24(34(42)36-6-7-38)13-26(32(29)41)37(16-20-3-5-27-28(11-20)45-18-44-27)31(40)15-23-9-19-2-4-22(23)8-19/h3,5,10-12,14,17,19,22-23,26,29,32,38,41H,2,4,6-9,13,15-16,18H2,1H3,(H,36,42). The van der Waals surface area contributed by atoms with Crippen LogP contribution in [-0.4, -0.2) is 78.5 Å². The molecule has 3 N–H and O–H groups in total. The van der Waals surface area contributed by atoms with Crippen LogP contribution in [0.15, 0.2) is 42.0 Å². The minimum Gasteiger partial charge on any atom is -0.493 e. The van der Waals surface area contributed by atoms with Gasteiger partial charge in [0, 0.05) is 37.1 Å². The Morgan fingerprint density at radius 3 is 2.70 bits per heavy atom. The summed E-state index contributed by atoms with van der Waals surface area (Å²) in [5, 5.41) is 24.0. The second kappa shape index (κ2) is 14.2. The maximum Gasteiger partial charge on any atom is 0.247 e. The van der Waals surface area contributed by atoms with Crippen LogP contribution >= 0.6 is 22.6 Å². The van der Waals surface area contributed by atoms with E-state index < -0.39 is 24.2 Å². The number of nitrogens with zero attached hydrogens (tertiary/aromatic N) is 1. The van der Waals surface area contributed by atoms with Gasteiger partial charge in [-0.2, -0.15) is 0 Å². The lowest BCUT2D eigenvalue weighted by molar-refractivity contribution is -0.141. The molecule has 2 bridgehead atoms. The van der Waals surface area contributed by atoms with Crippen LogP contribution in [0.2, 0.25) is 0 Å². The number of halogens is 1. The Bertz CT molecular complexity index is 1510. The van der Waals surface area contributed by atoms with Crippen molar-refractivity contribution >= 4 is 40.7 Å². The number of nitrogens with one attached hydrogen (secondary N) is 1. The highest BCUT2D eigenvalue weighted by molar-refractivity contribution is 14.1. The first kappa shape index (κ1) is 32.6. The Labute approximate surface area is 281 Å². The Balaban J connectivity index is 1.34. The smallest absolute Gasteiger partial charge is 0.247 e. The molecule has 11 nitrogen and oxygen atoms in total. The van der Waals surface area contributed by atoms with Gasteiger partial charge in [0.25, 0.3) is 0 Å². The first-order chi connectivity index (χ1) is 22.3. The highest BCUT2D eigenvalue weighted by atomic mass is 127. The first-order valence-electron chi connectivity index (χ1n) is 15.7. The molecular formula is C34H39IN2O9. The Hall–Kier alpha value is -3.36. The minimum atomic E-state index is -1.21. The molecule has 2 saturated carbocycles. The van der Waals surface area contributed by atoms with Crippen molar-refractivity contribution < 1.29 is 43.5 Å². The molecular weight excluding hydrogens is 707 g/mol. The van der Waals surface area contributed by atoms with E-state index in [1.807, 2.05) is 40.8 Å². The van der Waals surface area contributed by atoms with Gasteiger partial charge in [0.1, 0.15) is 18.5 Å². The molecule has 3 aliphatic carbocycles. The molecule has 2 aromatic carbocycles. The zero-order chi connectivity index (χ0) is 32.4. The second-order valence-electron chi connectivity index (χ2n) is 12.5. The fraction of sp³-hybridized carbons (Fsp3) is 0.500. The predicted molar refractivity (Wildman–Crippen MR) is 175 cm³/mol. The van der Waals surface area contributed by atoms with Crippen molar-refractivity contribution in [2.45, 2.75) is 63.3 Å². The normalized spacial score (nSPS) is 26.0. The van der Waals surface area contributed by atoms with Crippen molar-refractivity contribution in [1.29, 1.82) is 0 Å². The molecule has 0 aromatic heterocycles. The molecule has 46 heavy (non-hydrogen) atoms. The number of aliphatic hydroxyl groups excluding tert-OH is 2. The number of methoxy groups -OCH3 is 1. The monoisotopic (exact) mass is 746 g/mol. The van der Waals surface area contributed by atoms with Crippen molar-refractivity contribution in [3.63, 3.8) is 0 Å². The molecule has 2 aromatic rings. The van der Waals surface area contributed by atoms with Gasteiger partial charge in [-0.1, -0.05) is 12.5 Å². The lowest BCUT2D eigenvalue weighted by Crippen LogP contribution is -2.55. The molecule has 1 aliphatic heterocycles. The van der Waals surface area contributed by atoms with E-state index in [4.69, 9.17) is 18.9 Å². The van der Waals surface area contributed by atoms with Crippen LogP contribution in [0.1, 0.15) is 54.4 Å². The van der Waals surface area contributed by atoms with Gasteiger partial charge < -0.3 is 39.4 Å². The van der Waals surface area contributed by atoms with Crippen LogP contribution in [0.3, 0.4) is 0 Å². The number of hydrogen-bond acceptors (Lipinski definition) is 9. The highest BCUT2D eigenvalue weighted by Gasteiger charge is 2.44. The van der Waals surface area contributed by atoms with Crippen molar-refractivity contribution in [1.82, 2.24) is 10.2 Å². The molecule has 4 aliphatic rings. The number of ether oxygens (including phenoxy) is 4. The topological polar surface area (TPSA) is 144 Å². The van der Waals surface area contributed by atoms with Crippen LogP contribution in [0.4, 0.5) is 0 Å². The van der Waals surface area contributed by atoms with E-state index in [1.54, 1.807) is 23.1 Å². The number of fused-ring (bicyclic) bond motifs is 3. The van der Waals surface area contributed by atoms with Crippen molar-refractivity contribution in [3.05, 3.63) is 56.7 Å². The first-order valence-corrected chi connectivity index (χ1v) is 16.8. The molecule has 12 heteroatoms. The summed E-state index contributed by atoms with van der Waals surface area (Å²) in [4.78, 5) is 40.8. The molecule has 6 rings (SSSR count). The van der Waals surface area contributed by atoms with Gasteiger partial charge in [-0.3, -0.25) is 14.4 Å². The number of carbonyl (C=O) groups is 3. The van der Waals surface area contributed by atoms with E-state index in [0.717, 1.165) is 18.4 Å². The fourth-order valence-corrected chi connectivity index (χ4v) is 8.18. The summed E-state index contributed by atoms with van der Waals surface area (Å²) in [5.41, 5.74) is 1.53. The summed E-state index contributed by atoms with van der Waals surface area (Å²) in [7, 11) is 1.46. The molecule has 6 atom stereocenters. The average molecular weight is 747 g/mol. The van der Waals surface area contributed by atoms with Gasteiger partial charge in [0.2, 0.25) is 18.6 Å². The summed E-state index contributed by atoms with van der Waals surface area (Å²) in [5.74, 6) is 2.83. The quantitative estimate of drug-likeness (QED) is 0.219. The van der Waals surface area contributed by atoms with Crippen molar-refractivity contribution in [2.24, 2.45) is 17.8 Å². The summed E-state index contributed by atoms with van der Waals surface area (Å²) in [6.45, 7) is 0.129. The van der Waals surface area contributed by atoms with Crippen molar-refractivity contribution in [2.75, 3.05) is 27.1 Å². The number of hydrogen-bond donors (Lipinski definition) is 3. The molecule has 1 heterocycles. The van der Waals surface area contributed by atoms with E-state index in [-0.39, 0.29) is 38.8 Å². The van der Waals surface area contributed by atoms with E-state index in [2.05, 4.69) is 5.32 Å². The maximum absolute atomic E-state index is 14.3. The average Bonchev–Trinajstić information content (AvgIpc) is 3.82. The number of aliphatic hydroxyl groups is 2. The zero-order valence-corrected chi connectivity index (χ0v) is 27.8. The molecule has 0 saturated heterocycles. The summed E-state index contributed by atoms with van der Waals surface area (Å²) in [6, 6.07) is 7.91. The lowest BCUT2D eigenvalue weighted by atomic mass is 9.84. The number of benzene rings is 2. The Morgan fingerprint density at radius 2 is 1.98 bits per heavy atom. The zero-order valence-electron chi connectivity index (χ0n) is 25.7. The molecule has 2 amide bonds. The van der Waals surface area contributed by atoms with Crippen LogP contribution in [-0.2, 0) is 16.1 Å². The van der Waals surface area contributed by atoms with E-state index in [0.29, 0.717) is 68.2 Å². The minimum absolute atomic E-state index is 0.0534. The van der Waals surface area contributed by atoms with Crippen LogP contribution < -0.4 is 24.3 Å². The third-order valence-corrected chi connectivity index (χ3v) is 10.5. The van der Waals surface area contributed by atoms with Crippen LogP contribution in [0.5, 0.6) is 23.0 Å². The molecule has 0 radical (unpaired) electrons. The fourth-order valence-electron chi connectivity index (χ4n) is 7.43. The van der Waals surface area contributed by atoms with Gasteiger partial charge in [-0.25, -0.2) is 0 Å². The molecule has 246 valence electrons. The molecule has 0 spiro atoms. The second-order valence-corrected chi connectivity index (χ2v) is 13.7. The molecule has 2 fully saturated rings. The van der Waals surface area contributed by atoms with Gasteiger partial charge in [0.05, 0.1) is 23.3 Å². The van der Waals surface area contributed by atoms with Crippen molar-refractivity contribution in [3.8, 4) is 23.0 Å². The lowest BCUT2D eigenvalue weighted by Gasteiger charge is -2.41. The number of rotatable bonds is 12. The summed E-state index contributed by atoms with van der Waals surface area (Å²) in [6.07, 6.45) is 5.07. The Kier molecular flexibility index (Phi) is 10.0. The van der Waals surface area contributed by atoms with Gasteiger partial charge in [-0.15, -0.1) is 0 Å². The summed E-state index contributed by atoms with van der Waals surface area (Å²) < 4.78 is 23.5. The Morgan fingerprint density at radius 1 is 1.15 bits per heavy atom. The van der Waals surface area contributed by atoms with Gasteiger partial charge in [-0.05, 0) is 95.5 Å². The van der Waals surface area contributed by atoms with Gasteiger partial charge >= 0.3 is 0 Å². The predicted octanol–water partition coefficient (Wildman–Crippen LogP) is 3.61. The number of aldehydes is 1. The van der Waals surface area contributed by atoms with E-state index >= 15 is 0 Å². The maximum atomic E-state index is 14.3. The van der Waals surface area contributed by atoms with Gasteiger partial charge in [0.15, 0.2) is 23.0 Å². The molecule has 6 unspecified atom stereocenters. The summed E-state index contributed by atoms with van der Waals surface area (Å²) >= 11 is 2.03. The highest BCUT2D eigenvalue weighted by Crippen LogP contribution is 2.50. The third kappa shape index (κ3) is 6.84. The number of amides is 2. The van der Waals surface area contributed by atoms with Crippen LogP contribution in [0, 0.1) is 21.3 Å². The van der Waals surface area contributed by atoms with E-state index in [1.165, 1.54) is 20.0 Å². The third-order valence-electron chi connectivity index (χ3n) is 9.69. The SMILES string of the molecule is COc1cc(C=O)cc(I)c1OC1C=C(C(=O)NCCO)CC(N(Cc2ccc3c(c2)OCO3)C(=O)CC2CC3CCC2C3)C1O.